The van der Waals surface area contributed by atoms with Gasteiger partial charge < -0.3 is 0 Å². The van der Waals surface area contributed by atoms with E-state index in [1.807, 2.05) is 13.8 Å². The van der Waals surface area contributed by atoms with E-state index in [1.165, 1.54) is 42.5 Å². The van der Waals surface area contributed by atoms with Crippen LogP contribution in [0.25, 0.3) is 0 Å². The summed E-state index contributed by atoms with van der Waals surface area (Å²) in [6, 6.07) is 9.55. The summed E-state index contributed by atoms with van der Waals surface area (Å²) in [5, 5.41) is 4.36. The molecule has 4 nitrogen and oxygen atoms in total. The molecule has 7 heteroatoms. The number of fused-ring (bicyclic) bond motifs is 1. The Morgan fingerprint density at radius 3 is 2.38 bits per heavy atom. The molecule has 0 aromatic heterocycles. The predicted molar refractivity (Wildman–Crippen MR) is 97.2 cm³/mol. The Morgan fingerprint density at radius 2 is 1.73 bits per heavy atom. The van der Waals surface area contributed by atoms with Crippen molar-refractivity contribution in [3.05, 3.63) is 70.8 Å². The van der Waals surface area contributed by atoms with E-state index in [2.05, 4.69) is 5.10 Å². The maximum Gasteiger partial charge on any atom is 0.254 e. The minimum Gasteiger partial charge on any atom is -0.207 e. The van der Waals surface area contributed by atoms with Gasteiger partial charge in [0, 0.05) is 11.1 Å². The summed E-state index contributed by atoms with van der Waals surface area (Å²) in [5.41, 5.74) is 1.74. The molecule has 138 valence electrons. The van der Waals surface area contributed by atoms with Crippen molar-refractivity contribution in [3.8, 4) is 0 Å². The van der Waals surface area contributed by atoms with Gasteiger partial charge in [-0.2, -0.15) is 9.52 Å². The molecule has 1 aliphatic rings. The fourth-order valence-corrected chi connectivity index (χ4v) is 4.16. The van der Waals surface area contributed by atoms with Crippen LogP contribution >= 0.6 is 0 Å². The van der Waals surface area contributed by atoms with Crippen LogP contribution in [0, 0.1) is 17.6 Å². The predicted octanol–water partition coefficient (Wildman–Crippen LogP) is 3.91. The second kappa shape index (κ2) is 7.15. The summed E-state index contributed by atoms with van der Waals surface area (Å²) in [4.78, 5) is 0. The molecule has 0 spiro atoms. The average molecular weight is 378 g/mol. The zero-order valence-corrected chi connectivity index (χ0v) is 15.4. The molecule has 1 aliphatic heterocycles. The van der Waals surface area contributed by atoms with Crippen LogP contribution in [0.3, 0.4) is 0 Å². The van der Waals surface area contributed by atoms with Gasteiger partial charge in [0.05, 0.1) is 18.0 Å². The highest BCUT2D eigenvalue weighted by atomic mass is 32.2. The van der Waals surface area contributed by atoms with E-state index >= 15 is 0 Å². The number of benzene rings is 2. The smallest absolute Gasteiger partial charge is 0.207 e. The minimum absolute atomic E-state index is 0.237. The number of nitrogens with zero attached hydrogens (tertiary/aromatic N) is 2. The van der Waals surface area contributed by atoms with Crippen molar-refractivity contribution in [1.29, 1.82) is 0 Å². The number of hydrogen-bond acceptors (Lipinski definition) is 3. The van der Waals surface area contributed by atoms with Crippen LogP contribution in [0.2, 0.25) is 0 Å². The van der Waals surface area contributed by atoms with E-state index in [1.54, 1.807) is 0 Å². The first kappa shape index (κ1) is 18.5. The largest absolute Gasteiger partial charge is 0.254 e. The molecule has 0 saturated heterocycles. The number of hydrogen-bond donors (Lipinski definition) is 0. The Labute approximate surface area is 152 Å². The highest BCUT2D eigenvalue weighted by molar-refractivity contribution is 7.88. The average Bonchev–Trinajstić information content (AvgIpc) is 2.67. The van der Waals surface area contributed by atoms with Gasteiger partial charge in [-0.3, -0.25) is 0 Å². The van der Waals surface area contributed by atoms with E-state index in [0.29, 0.717) is 34.7 Å². The van der Waals surface area contributed by atoms with Crippen LogP contribution in [0.1, 0.15) is 37.0 Å². The molecule has 3 rings (SSSR count). The third-order valence-electron chi connectivity index (χ3n) is 4.21. The van der Waals surface area contributed by atoms with E-state index in [-0.39, 0.29) is 12.3 Å². The molecule has 2 aromatic carbocycles. The molecule has 0 atom stereocenters. The SMILES string of the molecule is CC(C)CCN1N=C(c2ccc(F)cc2)c2cc(F)ccc2CS1(=O)=O. The van der Waals surface area contributed by atoms with Gasteiger partial charge in [-0.25, -0.2) is 17.2 Å². The summed E-state index contributed by atoms with van der Waals surface area (Å²) >= 11 is 0. The number of hydrazone groups is 1. The first-order valence-electron chi connectivity index (χ1n) is 8.40. The van der Waals surface area contributed by atoms with E-state index in [0.717, 1.165) is 4.41 Å². The molecule has 0 fully saturated rings. The Kier molecular flexibility index (Phi) is 5.09. The standard InChI is InChI=1S/C19H20F2N2O2S/c1-13(2)9-10-23-22-19(14-3-6-16(20)7-4-14)18-11-17(21)8-5-15(18)12-26(23,24)25/h3-8,11,13H,9-10,12H2,1-2H3. The summed E-state index contributed by atoms with van der Waals surface area (Å²) in [6.07, 6.45) is 0.643. The lowest BCUT2D eigenvalue weighted by Gasteiger charge is -2.19. The molecular formula is C19H20F2N2O2S. The second-order valence-corrected chi connectivity index (χ2v) is 8.62. The maximum atomic E-state index is 13.8. The molecule has 0 N–H and O–H groups in total. The van der Waals surface area contributed by atoms with Crippen molar-refractivity contribution in [3.63, 3.8) is 0 Å². The first-order chi connectivity index (χ1) is 12.3. The van der Waals surface area contributed by atoms with Crippen LogP contribution in [-0.4, -0.2) is 25.1 Å². The Balaban J connectivity index is 2.17. The monoisotopic (exact) mass is 378 g/mol. The molecular weight excluding hydrogens is 358 g/mol. The van der Waals surface area contributed by atoms with Gasteiger partial charge in [-0.1, -0.05) is 19.9 Å². The normalized spacial score (nSPS) is 16.2. The molecule has 0 bridgehead atoms. The molecule has 0 aliphatic carbocycles. The van der Waals surface area contributed by atoms with Gasteiger partial charge >= 0.3 is 0 Å². The molecule has 2 aromatic rings. The lowest BCUT2D eigenvalue weighted by Crippen LogP contribution is -2.28. The van der Waals surface area contributed by atoms with Crippen LogP contribution in [0.5, 0.6) is 0 Å². The summed E-state index contributed by atoms with van der Waals surface area (Å²) in [6.45, 7) is 4.24. The minimum atomic E-state index is -3.68. The van der Waals surface area contributed by atoms with Crippen molar-refractivity contribution in [1.82, 2.24) is 4.41 Å². The van der Waals surface area contributed by atoms with Gasteiger partial charge in [0.25, 0.3) is 10.0 Å². The third kappa shape index (κ3) is 3.93. The van der Waals surface area contributed by atoms with Crippen molar-refractivity contribution < 1.29 is 17.2 Å². The second-order valence-electron chi connectivity index (χ2n) is 6.74. The lowest BCUT2D eigenvalue weighted by molar-refractivity contribution is 0.395. The summed E-state index contributed by atoms with van der Waals surface area (Å²) in [5.74, 6) is -0.842. The molecule has 0 unspecified atom stereocenters. The van der Waals surface area contributed by atoms with Gasteiger partial charge in [0.1, 0.15) is 11.6 Å². The molecule has 1 heterocycles. The zero-order valence-electron chi connectivity index (χ0n) is 14.6. The molecule has 0 amide bonds. The Morgan fingerprint density at radius 1 is 1.08 bits per heavy atom. The Hall–Kier alpha value is -2.28. The van der Waals surface area contributed by atoms with Crippen molar-refractivity contribution in [2.45, 2.75) is 26.0 Å². The Bertz CT molecular complexity index is 939. The maximum absolute atomic E-state index is 13.8. The molecule has 26 heavy (non-hydrogen) atoms. The number of sulfonamides is 1. The van der Waals surface area contributed by atoms with Crippen molar-refractivity contribution in [2.24, 2.45) is 11.0 Å². The van der Waals surface area contributed by atoms with Crippen LogP contribution in [-0.2, 0) is 15.8 Å². The fourth-order valence-electron chi connectivity index (χ4n) is 2.77. The van der Waals surface area contributed by atoms with Crippen molar-refractivity contribution in [2.75, 3.05) is 6.54 Å². The first-order valence-corrected chi connectivity index (χ1v) is 10.0. The van der Waals surface area contributed by atoms with Gasteiger partial charge in [-0.05, 0) is 54.3 Å². The quantitative estimate of drug-likeness (QED) is 0.810. The number of rotatable bonds is 4. The van der Waals surface area contributed by atoms with Gasteiger partial charge in [-0.15, -0.1) is 0 Å². The van der Waals surface area contributed by atoms with Crippen LogP contribution in [0.4, 0.5) is 8.78 Å². The van der Waals surface area contributed by atoms with Crippen LogP contribution in [0.15, 0.2) is 47.6 Å². The molecule has 0 saturated carbocycles. The number of halogens is 2. The summed E-state index contributed by atoms with van der Waals surface area (Å²) < 4.78 is 53.7. The highest BCUT2D eigenvalue weighted by Crippen LogP contribution is 2.26. The van der Waals surface area contributed by atoms with E-state index in [9.17, 15) is 17.2 Å². The summed E-state index contributed by atoms with van der Waals surface area (Å²) in [7, 11) is -3.68. The van der Waals surface area contributed by atoms with E-state index < -0.39 is 21.7 Å². The van der Waals surface area contributed by atoms with Crippen molar-refractivity contribution >= 4 is 15.7 Å². The van der Waals surface area contributed by atoms with Gasteiger partial charge in [0.2, 0.25) is 0 Å². The van der Waals surface area contributed by atoms with Gasteiger partial charge in [0.15, 0.2) is 0 Å². The fraction of sp³-hybridized carbons (Fsp3) is 0.316. The lowest BCUT2D eigenvalue weighted by atomic mass is 9.98. The van der Waals surface area contributed by atoms with E-state index in [4.69, 9.17) is 0 Å². The highest BCUT2D eigenvalue weighted by Gasteiger charge is 2.29. The zero-order chi connectivity index (χ0) is 18.9. The topological polar surface area (TPSA) is 49.7 Å². The third-order valence-corrected chi connectivity index (χ3v) is 5.80. The van der Waals surface area contributed by atoms with Crippen LogP contribution < -0.4 is 0 Å². The molecule has 0 radical (unpaired) electrons.